The molecule has 6 nitrogen and oxygen atoms in total. The third-order valence-corrected chi connectivity index (χ3v) is 4.61. The van der Waals surface area contributed by atoms with Crippen molar-refractivity contribution < 1.29 is 14.7 Å². The van der Waals surface area contributed by atoms with Crippen LogP contribution in [0.25, 0.3) is 0 Å². The topological polar surface area (TPSA) is 88.2 Å². The lowest BCUT2D eigenvalue weighted by Crippen LogP contribution is -2.54. The van der Waals surface area contributed by atoms with Crippen molar-refractivity contribution in [2.45, 2.75) is 52.1 Å². The van der Waals surface area contributed by atoms with Crippen molar-refractivity contribution in [1.82, 2.24) is 4.90 Å². The van der Waals surface area contributed by atoms with Crippen LogP contribution >= 0.6 is 0 Å². The predicted octanol–water partition coefficient (Wildman–Crippen LogP) is 1.57. The fourth-order valence-corrected chi connectivity index (χ4v) is 3.75. The van der Waals surface area contributed by atoms with E-state index in [4.69, 9.17) is 15.7 Å². The highest BCUT2D eigenvalue weighted by atomic mass is 16.5. The fourth-order valence-electron chi connectivity index (χ4n) is 3.75. The van der Waals surface area contributed by atoms with Crippen LogP contribution in [0.1, 0.15) is 46.0 Å². The summed E-state index contributed by atoms with van der Waals surface area (Å²) in [6, 6.07) is 0. The monoisotopic (exact) mass is 297 g/mol. The van der Waals surface area contributed by atoms with Gasteiger partial charge >= 0.3 is 0 Å². The highest BCUT2D eigenvalue weighted by molar-refractivity contribution is 5.87. The minimum atomic E-state index is -0.495. The van der Waals surface area contributed by atoms with Gasteiger partial charge in [-0.05, 0) is 25.2 Å². The second-order valence-electron chi connectivity index (χ2n) is 6.72. The van der Waals surface area contributed by atoms with Gasteiger partial charge in [-0.1, -0.05) is 31.8 Å². The van der Waals surface area contributed by atoms with E-state index in [9.17, 15) is 4.79 Å². The lowest BCUT2D eigenvalue weighted by atomic mass is 9.77. The number of hydrogen-bond donors (Lipinski definition) is 2. The Morgan fingerprint density at radius 3 is 2.71 bits per heavy atom. The van der Waals surface area contributed by atoms with Gasteiger partial charge in [0.25, 0.3) is 0 Å². The molecule has 1 unspecified atom stereocenters. The van der Waals surface area contributed by atoms with Crippen LogP contribution in [0.5, 0.6) is 0 Å². The Morgan fingerprint density at radius 1 is 1.48 bits per heavy atom. The number of rotatable bonds is 4. The lowest BCUT2D eigenvalue weighted by molar-refractivity contribution is -0.148. The van der Waals surface area contributed by atoms with Crippen LogP contribution in [0, 0.1) is 11.3 Å². The molecule has 2 fully saturated rings. The highest BCUT2D eigenvalue weighted by Crippen LogP contribution is 2.44. The van der Waals surface area contributed by atoms with E-state index in [0.29, 0.717) is 25.6 Å². The molecule has 1 aliphatic heterocycles. The Balaban J connectivity index is 2.10. The largest absolute Gasteiger partial charge is 0.409 e. The van der Waals surface area contributed by atoms with Crippen molar-refractivity contribution in [2.75, 3.05) is 19.7 Å². The van der Waals surface area contributed by atoms with Crippen molar-refractivity contribution in [3.8, 4) is 0 Å². The molecule has 1 saturated heterocycles. The van der Waals surface area contributed by atoms with E-state index in [1.54, 1.807) is 0 Å². The van der Waals surface area contributed by atoms with Crippen molar-refractivity contribution in [3.05, 3.63) is 0 Å². The number of ether oxygens (including phenoxy) is 1. The number of morpholine rings is 1. The lowest BCUT2D eigenvalue weighted by Gasteiger charge is -2.39. The maximum absolute atomic E-state index is 13.0. The van der Waals surface area contributed by atoms with Gasteiger partial charge in [0, 0.05) is 12.0 Å². The first-order chi connectivity index (χ1) is 9.98. The second-order valence-corrected chi connectivity index (χ2v) is 6.72. The zero-order valence-corrected chi connectivity index (χ0v) is 13.0. The normalized spacial score (nSPS) is 26.3. The number of oxime groups is 1. The molecule has 0 radical (unpaired) electrons. The zero-order chi connectivity index (χ0) is 15.5. The van der Waals surface area contributed by atoms with Gasteiger partial charge in [0.05, 0.1) is 13.2 Å². The molecule has 1 aliphatic carbocycles. The van der Waals surface area contributed by atoms with Crippen molar-refractivity contribution >= 4 is 11.7 Å². The minimum Gasteiger partial charge on any atom is -0.409 e. The molecule has 0 aromatic carbocycles. The average Bonchev–Trinajstić information content (AvgIpc) is 2.94. The molecular formula is C15H27N3O3. The molecule has 21 heavy (non-hydrogen) atoms. The first kappa shape index (κ1) is 16.1. The summed E-state index contributed by atoms with van der Waals surface area (Å²) < 4.78 is 5.48. The summed E-state index contributed by atoms with van der Waals surface area (Å²) in [6.07, 6.45) is 4.67. The van der Waals surface area contributed by atoms with Crippen LogP contribution in [0.15, 0.2) is 5.16 Å². The van der Waals surface area contributed by atoms with Crippen LogP contribution in [0.3, 0.4) is 0 Å². The molecule has 0 spiro atoms. The Labute approximate surface area is 126 Å². The SMILES string of the molecule is CC(C)CC1(C(=O)N2CCOC(C(N)=NO)C2)CCCC1. The summed E-state index contributed by atoms with van der Waals surface area (Å²) >= 11 is 0. The standard InChI is InChI=1S/C15H27N3O3/c1-11(2)9-15(5-3-4-6-15)14(19)18-7-8-21-12(10-18)13(16)17-20/h11-12,20H,3-10H2,1-2H3,(H2,16,17). The van der Waals surface area contributed by atoms with Crippen molar-refractivity contribution in [1.29, 1.82) is 0 Å². The number of carbonyl (C=O) groups excluding carboxylic acids is 1. The molecule has 0 aromatic heterocycles. The van der Waals surface area contributed by atoms with Gasteiger partial charge in [-0.3, -0.25) is 4.79 Å². The van der Waals surface area contributed by atoms with Gasteiger partial charge in [0.1, 0.15) is 6.10 Å². The van der Waals surface area contributed by atoms with Crippen LogP contribution in [0.2, 0.25) is 0 Å². The van der Waals surface area contributed by atoms with Crippen molar-refractivity contribution in [2.24, 2.45) is 22.2 Å². The Morgan fingerprint density at radius 2 is 2.14 bits per heavy atom. The number of nitrogens with zero attached hydrogens (tertiary/aromatic N) is 2. The van der Waals surface area contributed by atoms with Crippen LogP contribution in [-0.2, 0) is 9.53 Å². The molecule has 1 amide bonds. The molecule has 1 saturated carbocycles. The Bertz CT molecular complexity index is 403. The number of hydrogen-bond acceptors (Lipinski definition) is 4. The van der Waals surface area contributed by atoms with Crippen molar-refractivity contribution in [3.63, 3.8) is 0 Å². The maximum Gasteiger partial charge on any atom is 0.228 e. The number of carbonyl (C=O) groups is 1. The minimum absolute atomic E-state index is 0.0387. The Kier molecular flexibility index (Phi) is 5.08. The smallest absolute Gasteiger partial charge is 0.228 e. The molecule has 0 aromatic rings. The van der Waals surface area contributed by atoms with Crippen LogP contribution in [-0.4, -0.2) is 47.7 Å². The third-order valence-electron chi connectivity index (χ3n) is 4.61. The van der Waals surface area contributed by atoms with E-state index in [1.807, 2.05) is 4.90 Å². The van der Waals surface area contributed by atoms with E-state index in [2.05, 4.69) is 19.0 Å². The molecule has 0 bridgehead atoms. The molecule has 2 aliphatic rings. The molecule has 1 heterocycles. The quantitative estimate of drug-likeness (QED) is 0.357. The van der Waals surface area contributed by atoms with Gasteiger partial charge < -0.3 is 20.6 Å². The van der Waals surface area contributed by atoms with E-state index in [1.165, 1.54) is 0 Å². The second kappa shape index (κ2) is 6.64. The maximum atomic E-state index is 13.0. The first-order valence-corrected chi connectivity index (χ1v) is 7.87. The molecule has 6 heteroatoms. The summed E-state index contributed by atoms with van der Waals surface area (Å²) in [5.74, 6) is 0.775. The summed E-state index contributed by atoms with van der Waals surface area (Å²) in [5.41, 5.74) is 5.41. The van der Waals surface area contributed by atoms with E-state index in [0.717, 1.165) is 32.1 Å². The van der Waals surface area contributed by atoms with Gasteiger partial charge in [0.15, 0.2) is 5.84 Å². The van der Waals surface area contributed by atoms with Crippen LogP contribution < -0.4 is 5.73 Å². The molecular weight excluding hydrogens is 270 g/mol. The number of nitrogens with two attached hydrogens (primary N) is 1. The molecule has 1 atom stereocenters. The highest BCUT2D eigenvalue weighted by Gasteiger charge is 2.44. The first-order valence-electron chi connectivity index (χ1n) is 7.87. The molecule has 120 valence electrons. The summed E-state index contributed by atoms with van der Waals surface area (Å²) in [5, 5.41) is 11.8. The van der Waals surface area contributed by atoms with Gasteiger partial charge in [-0.15, -0.1) is 0 Å². The summed E-state index contributed by atoms with van der Waals surface area (Å²) in [7, 11) is 0. The molecule has 2 rings (SSSR count). The van der Waals surface area contributed by atoms with Gasteiger partial charge in [-0.25, -0.2) is 0 Å². The number of amides is 1. The Hall–Kier alpha value is -1.30. The predicted molar refractivity (Wildman–Crippen MR) is 80.1 cm³/mol. The molecule has 3 N–H and O–H groups in total. The fraction of sp³-hybridized carbons (Fsp3) is 0.867. The van der Waals surface area contributed by atoms with Crippen LogP contribution in [0.4, 0.5) is 0 Å². The zero-order valence-electron chi connectivity index (χ0n) is 13.0. The van der Waals surface area contributed by atoms with Gasteiger partial charge in [0.2, 0.25) is 5.91 Å². The summed E-state index contributed by atoms with van der Waals surface area (Å²) in [4.78, 5) is 14.9. The average molecular weight is 297 g/mol. The van der Waals surface area contributed by atoms with E-state index < -0.39 is 6.10 Å². The van der Waals surface area contributed by atoms with E-state index >= 15 is 0 Å². The van der Waals surface area contributed by atoms with Gasteiger partial charge in [-0.2, -0.15) is 0 Å². The van der Waals surface area contributed by atoms with E-state index in [-0.39, 0.29) is 17.2 Å². The summed E-state index contributed by atoms with van der Waals surface area (Å²) in [6.45, 7) is 5.75. The third kappa shape index (κ3) is 3.48. The number of amidine groups is 1.